The number of rotatable bonds is 6. The Bertz CT molecular complexity index is 47.4. The topological polar surface area (TPSA) is 0 Å². The van der Waals surface area contributed by atoms with Crippen LogP contribution in [0.25, 0.3) is 0 Å². The first kappa shape index (κ1) is 18.3. The zero-order valence-electron chi connectivity index (χ0n) is 8.07. The zero-order chi connectivity index (χ0) is 6.95. The Morgan fingerprint density at radius 3 is 1.55 bits per heavy atom. The zero-order valence-corrected chi connectivity index (χ0v) is 11.7. The van der Waals surface area contributed by atoms with Gasteiger partial charge in [-0.05, 0) is 0 Å². The summed E-state index contributed by atoms with van der Waals surface area (Å²) >= 11 is 0.389. The van der Waals surface area contributed by atoms with Crippen LogP contribution in [0.1, 0.15) is 39.5 Å². The normalized spacial score (nSPS) is 7.45. The lowest BCUT2D eigenvalue weighted by molar-refractivity contribution is 0.851. The van der Waals surface area contributed by atoms with Gasteiger partial charge in [0.1, 0.15) is 0 Å². The number of hydrogen-bond donors (Lipinski definition) is 0. The Labute approximate surface area is 91.0 Å². The molecule has 0 heterocycles. The van der Waals surface area contributed by atoms with E-state index in [-0.39, 0.29) is 22.3 Å². The maximum absolute atomic E-state index is 2.29. The minimum absolute atomic E-state index is 0. The standard InChI is InChI=1S/2C4H9.ClH.Mg.H3P/c2*1-3-4-2;;;/h2*1,3-4H2,2H3;1H;;1H3. The van der Waals surface area contributed by atoms with E-state index < -0.39 is 0 Å². The summed E-state index contributed by atoms with van der Waals surface area (Å²) in [6, 6.07) is 0. The molecule has 0 radical (unpaired) electrons. The maximum Gasteiger partial charge on any atom is 0.364 e. The van der Waals surface area contributed by atoms with Gasteiger partial charge >= 0.3 is 20.4 Å². The molecular weight excluding hydrogens is 187 g/mol. The van der Waals surface area contributed by atoms with Crippen LogP contribution >= 0.6 is 22.3 Å². The van der Waals surface area contributed by atoms with Crippen LogP contribution in [0.5, 0.6) is 0 Å². The van der Waals surface area contributed by atoms with Crippen LogP contribution in [0.4, 0.5) is 0 Å². The highest BCUT2D eigenvalue weighted by molar-refractivity contribution is 6.92. The van der Waals surface area contributed by atoms with Gasteiger partial charge in [0, 0.05) is 0 Å². The summed E-state index contributed by atoms with van der Waals surface area (Å²) in [7, 11) is 0. The van der Waals surface area contributed by atoms with Gasteiger partial charge in [0.25, 0.3) is 0 Å². The van der Waals surface area contributed by atoms with E-state index in [9.17, 15) is 0 Å². The van der Waals surface area contributed by atoms with Crippen molar-refractivity contribution in [3.63, 3.8) is 0 Å². The maximum atomic E-state index is 2.29. The van der Waals surface area contributed by atoms with Gasteiger partial charge in [-0.2, -0.15) is 9.90 Å². The van der Waals surface area contributed by atoms with E-state index in [0.29, 0.717) is 20.4 Å². The second kappa shape index (κ2) is 17.5. The van der Waals surface area contributed by atoms with Crippen molar-refractivity contribution < 1.29 is 0 Å². The molecule has 0 aliphatic heterocycles. The molecule has 0 fully saturated rings. The Morgan fingerprint density at radius 2 is 1.27 bits per heavy atom. The molecule has 11 heavy (non-hydrogen) atoms. The first-order chi connectivity index (χ1) is 4.41. The molecule has 0 aromatic carbocycles. The van der Waals surface area contributed by atoms with Crippen LogP contribution in [0.2, 0.25) is 9.10 Å². The van der Waals surface area contributed by atoms with Gasteiger partial charge in [-0.15, -0.1) is 21.5 Å². The van der Waals surface area contributed by atoms with Gasteiger partial charge in [-0.25, -0.2) is 0 Å². The highest BCUT2D eigenvalue weighted by atomic mass is 35.5. The third kappa shape index (κ3) is 18.4. The molecule has 0 aliphatic rings. The molecular formula is C8H22ClMgP. The fraction of sp³-hybridized carbons (Fsp3) is 1.00. The van der Waals surface area contributed by atoms with E-state index in [1.54, 1.807) is 9.10 Å². The minimum atomic E-state index is 0. The molecule has 0 saturated carbocycles. The fourth-order valence-electron chi connectivity index (χ4n) is 1.03. The minimum Gasteiger partial charge on any atom is -0.153 e. The van der Waals surface area contributed by atoms with Crippen molar-refractivity contribution in [3.05, 3.63) is 0 Å². The summed E-state index contributed by atoms with van der Waals surface area (Å²) < 4.78 is 3.19. The SMILES string of the molecule is CCC[CH2][Mg][CH2]CCC.Cl.P. The fourth-order valence-corrected chi connectivity index (χ4v) is 3.09. The van der Waals surface area contributed by atoms with Crippen LogP contribution in [0.15, 0.2) is 0 Å². The van der Waals surface area contributed by atoms with E-state index >= 15 is 0 Å². The van der Waals surface area contributed by atoms with Crippen LogP contribution in [-0.4, -0.2) is 20.4 Å². The van der Waals surface area contributed by atoms with Crippen LogP contribution in [-0.2, 0) is 0 Å². The molecule has 0 nitrogen and oxygen atoms in total. The van der Waals surface area contributed by atoms with Crippen molar-refractivity contribution in [2.75, 3.05) is 0 Å². The van der Waals surface area contributed by atoms with Crippen molar-refractivity contribution in [2.45, 2.75) is 48.6 Å². The Kier molecular flexibility index (Phi) is 29.2. The Hall–Kier alpha value is 1.49. The molecule has 0 N–H and O–H groups in total. The van der Waals surface area contributed by atoms with E-state index in [2.05, 4.69) is 13.8 Å². The monoisotopic (exact) mass is 208 g/mol. The van der Waals surface area contributed by atoms with E-state index in [4.69, 9.17) is 0 Å². The second-order valence-corrected chi connectivity index (χ2v) is 4.89. The predicted octanol–water partition coefficient (Wildman–Crippen LogP) is 3.61. The van der Waals surface area contributed by atoms with Gasteiger partial charge in [0.15, 0.2) is 0 Å². The highest BCUT2D eigenvalue weighted by Gasteiger charge is 1.92. The summed E-state index contributed by atoms with van der Waals surface area (Å²) in [6.45, 7) is 4.57. The second-order valence-electron chi connectivity index (χ2n) is 2.77. The molecule has 68 valence electrons. The van der Waals surface area contributed by atoms with Gasteiger partial charge < -0.3 is 0 Å². The molecule has 0 spiro atoms. The van der Waals surface area contributed by atoms with Gasteiger partial charge in [0.2, 0.25) is 0 Å². The molecule has 0 bridgehead atoms. The lowest BCUT2D eigenvalue weighted by Crippen LogP contribution is -1.87. The smallest absolute Gasteiger partial charge is 0.153 e. The third-order valence-electron chi connectivity index (χ3n) is 1.71. The highest BCUT2D eigenvalue weighted by Crippen LogP contribution is 1.99. The lowest BCUT2D eigenvalue weighted by Gasteiger charge is -1.93. The lowest BCUT2D eigenvalue weighted by atomic mass is 10.4. The molecule has 0 aromatic rings. The van der Waals surface area contributed by atoms with Crippen LogP contribution in [0, 0.1) is 0 Å². The molecule has 0 saturated heterocycles. The Balaban J connectivity index is -0.000000320. The number of halogens is 1. The number of hydrogen-bond acceptors (Lipinski definition) is 0. The van der Waals surface area contributed by atoms with Crippen molar-refractivity contribution in [3.8, 4) is 0 Å². The van der Waals surface area contributed by atoms with Gasteiger partial charge in [-0.3, -0.25) is 0 Å². The Morgan fingerprint density at radius 1 is 0.909 bits per heavy atom. The quantitative estimate of drug-likeness (QED) is 0.356. The third-order valence-corrected chi connectivity index (χ3v) is 3.71. The van der Waals surface area contributed by atoms with Crippen molar-refractivity contribution in [1.29, 1.82) is 0 Å². The van der Waals surface area contributed by atoms with E-state index in [1.165, 1.54) is 25.7 Å². The molecule has 3 heteroatoms. The predicted molar refractivity (Wildman–Crippen MR) is 63.5 cm³/mol. The van der Waals surface area contributed by atoms with Crippen molar-refractivity contribution >= 4 is 42.7 Å². The van der Waals surface area contributed by atoms with Crippen LogP contribution in [0.3, 0.4) is 0 Å². The molecule has 0 amide bonds. The van der Waals surface area contributed by atoms with Gasteiger partial charge in [-0.1, -0.05) is 39.5 Å². The summed E-state index contributed by atoms with van der Waals surface area (Å²) in [5.41, 5.74) is 0. The summed E-state index contributed by atoms with van der Waals surface area (Å²) in [4.78, 5) is 0. The number of unbranched alkanes of at least 4 members (excludes halogenated alkanes) is 2. The molecule has 0 rings (SSSR count). The molecule has 1 unspecified atom stereocenters. The summed E-state index contributed by atoms with van der Waals surface area (Å²) in [5, 5.41) is 0. The van der Waals surface area contributed by atoms with E-state index in [1.807, 2.05) is 0 Å². The molecule has 0 aromatic heterocycles. The summed E-state index contributed by atoms with van der Waals surface area (Å²) in [5.74, 6) is 0. The molecule has 0 aliphatic carbocycles. The van der Waals surface area contributed by atoms with Crippen molar-refractivity contribution in [2.24, 2.45) is 0 Å². The van der Waals surface area contributed by atoms with Crippen LogP contribution < -0.4 is 0 Å². The molecule has 1 atom stereocenters. The average Bonchev–Trinajstić information content (AvgIpc) is 1.89. The largest absolute Gasteiger partial charge is 0.364 e. The first-order valence-corrected chi connectivity index (χ1v) is 6.41. The van der Waals surface area contributed by atoms with Crippen molar-refractivity contribution in [1.82, 2.24) is 0 Å². The summed E-state index contributed by atoms with van der Waals surface area (Å²) in [6.07, 6.45) is 5.80. The van der Waals surface area contributed by atoms with E-state index in [0.717, 1.165) is 0 Å². The first-order valence-electron chi connectivity index (χ1n) is 4.41. The van der Waals surface area contributed by atoms with Gasteiger partial charge in [0.05, 0.1) is 0 Å². The average molecular weight is 209 g/mol.